The molecule has 1 N–H and O–H groups in total. The highest BCUT2D eigenvalue weighted by atomic mass is 19.1. The van der Waals surface area contributed by atoms with Gasteiger partial charge in [0.1, 0.15) is 11.6 Å². The number of halogens is 1. The predicted octanol–water partition coefficient (Wildman–Crippen LogP) is 5.71. The Morgan fingerprint density at radius 2 is 1.85 bits per heavy atom. The fraction of sp³-hybridized carbons (Fsp3) is 0.333. The number of rotatable bonds is 9. The maximum Gasteiger partial charge on any atom is 0.256 e. The largest absolute Gasteiger partial charge is 0.467 e. The van der Waals surface area contributed by atoms with E-state index in [1.165, 1.54) is 24.3 Å². The number of carbonyl (C=O) groups excluding carboxylic acids is 2. The van der Waals surface area contributed by atoms with Crippen molar-refractivity contribution < 1.29 is 18.4 Å². The highest BCUT2D eigenvalue weighted by molar-refractivity contribution is 6.06. The van der Waals surface area contributed by atoms with Crippen LogP contribution in [-0.4, -0.2) is 36.3 Å². The van der Waals surface area contributed by atoms with E-state index >= 15 is 0 Å². The third-order valence-electron chi connectivity index (χ3n) is 6.03. The van der Waals surface area contributed by atoms with Crippen LogP contribution in [0.15, 0.2) is 65.3 Å². The molecule has 3 aromatic rings. The molecule has 0 radical (unpaired) electrons. The van der Waals surface area contributed by atoms with E-state index in [-0.39, 0.29) is 11.8 Å². The third-order valence-corrected chi connectivity index (χ3v) is 6.03. The zero-order chi connectivity index (χ0) is 23.9. The average Bonchev–Trinajstić information content (AvgIpc) is 3.56. The average molecular weight is 464 g/mol. The molecule has 2 aromatic carbocycles. The Bertz CT molecular complexity index is 1110. The van der Waals surface area contributed by atoms with Crippen LogP contribution in [0.2, 0.25) is 0 Å². The first kappa shape index (κ1) is 23.5. The number of carbonyl (C=O) groups is 2. The topological polar surface area (TPSA) is 65.8 Å². The summed E-state index contributed by atoms with van der Waals surface area (Å²) in [4.78, 5) is 30.2. The zero-order valence-electron chi connectivity index (χ0n) is 19.4. The normalized spacial score (nSPS) is 13.2. The Balaban J connectivity index is 1.65. The second-order valence-corrected chi connectivity index (χ2v) is 8.55. The molecule has 1 saturated heterocycles. The van der Waals surface area contributed by atoms with Gasteiger partial charge in [-0.2, -0.15) is 0 Å². The molecule has 0 aliphatic carbocycles. The molecule has 0 saturated carbocycles. The molecule has 1 aromatic heterocycles. The number of nitrogens with one attached hydrogen (secondary N) is 1. The lowest BCUT2D eigenvalue weighted by molar-refractivity contribution is 0.0793. The maximum absolute atomic E-state index is 13.5. The second kappa shape index (κ2) is 11.0. The summed E-state index contributed by atoms with van der Waals surface area (Å²) in [6.07, 6.45) is 5.64. The summed E-state index contributed by atoms with van der Waals surface area (Å²) in [5.74, 6) is 0.0320. The van der Waals surface area contributed by atoms with E-state index in [0.29, 0.717) is 23.4 Å². The van der Waals surface area contributed by atoms with Gasteiger partial charge < -0.3 is 19.5 Å². The van der Waals surface area contributed by atoms with Gasteiger partial charge in [-0.3, -0.25) is 9.59 Å². The van der Waals surface area contributed by atoms with E-state index in [1.807, 2.05) is 23.1 Å². The molecule has 34 heavy (non-hydrogen) atoms. The number of furan rings is 1. The number of likely N-dealkylation sites (tertiary alicyclic amines) is 1. The van der Waals surface area contributed by atoms with Gasteiger partial charge in [0, 0.05) is 30.9 Å². The first-order chi connectivity index (χ1) is 16.5. The predicted molar refractivity (Wildman–Crippen MR) is 131 cm³/mol. The SMILES string of the molecule is CCCCN(Cc1ccco1)c1ccc(NC(=O)c2ccc(F)cc2)cc1C(=O)N1CCCC1. The summed E-state index contributed by atoms with van der Waals surface area (Å²) in [5, 5.41) is 2.85. The van der Waals surface area contributed by atoms with Crippen molar-refractivity contribution in [2.45, 2.75) is 39.2 Å². The fourth-order valence-corrected chi connectivity index (χ4v) is 4.18. The Morgan fingerprint density at radius 3 is 2.53 bits per heavy atom. The summed E-state index contributed by atoms with van der Waals surface area (Å²) in [5.41, 5.74) is 2.25. The maximum atomic E-state index is 13.5. The van der Waals surface area contributed by atoms with E-state index in [2.05, 4.69) is 17.1 Å². The molecule has 0 unspecified atom stereocenters. The molecular formula is C27H30FN3O3. The second-order valence-electron chi connectivity index (χ2n) is 8.55. The number of hydrogen-bond acceptors (Lipinski definition) is 4. The van der Waals surface area contributed by atoms with Crippen LogP contribution in [0.1, 0.15) is 59.1 Å². The monoisotopic (exact) mass is 463 g/mol. The lowest BCUT2D eigenvalue weighted by Gasteiger charge is -2.28. The molecule has 2 heterocycles. The number of hydrogen-bond donors (Lipinski definition) is 1. The van der Waals surface area contributed by atoms with Gasteiger partial charge in [-0.25, -0.2) is 4.39 Å². The molecule has 0 spiro atoms. The van der Waals surface area contributed by atoms with Crippen molar-refractivity contribution in [1.29, 1.82) is 0 Å². The molecule has 178 valence electrons. The minimum Gasteiger partial charge on any atom is -0.467 e. The van der Waals surface area contributed by atoms with Crippen molar-refractivity contribution in [3.63, 3.8) is 0 Å². The standard InChI is InChI=1S/C27H30FN3O3/c1-2-3-14-31(19-23-7-6-17-34-23)25-13-12-22(18-24(25)27(33)30-15-4-5-16-30)29-26(32)20-8-10-21(28)11-9-20/h6-13,17-18H,2-5,14-16,19H2,1H3,(H,29,32). The molecular weight excluding hydrogens is 433 g/mol. The van der Waals surface area contributed by atoms with E-state index in [0.717, 1.165) is 56.8 Å². The molecule has 2 amide bonds. The van der Waals surface area contributed by atoms with Crippen LogP contribution < -0.4 is 10.2 Å². The third kappa shape index (κ3) is 5.65. The van der Waals surface area contributed by atoms with Gasteiger partial charge in [0.05, 0.1) is 24.1 Å². The van der Waals surface area contributed by atoms with E-state index in [1.54, 1.807) is 18.4 Å². The molecule has 6 nitrogen and oxygen atoms in total. The summed E-state index contributed by atoms with van der Waals surface area (Å²) in [6, 6.07) is 14.6. The van der Waals surface area contributed by atoms with Crippen molar-refractivity contribution in [2.24, 2.45) is 0 Å². The van der Waals surface area contributed by atoms with E-state index in [4.69, 9.17) is 4.42 Å². The Morgan fingerprint density at radius 1 is 1.09 bits per heavy atom. The molecule has 1 aliphatic rings. The zero-order valence-corrected chi connectivity index (χ0v) is 19.4. The van der Waals surface area contributed by atoms with Crippen molar-refractivity contribution in [3.8, 4) is 0 Å². The van der Waals surface area contributed by atoms with Gasteiger partial charge in [-0.1, -0.05) is 13.3 Å². The Hall–Kier alpha value is -3.61. The van der Waals surface area contributed by atoms with Gasteiger partial charge in [0.2, 0.25) is 0 Å². The smallest absolute Gasteiger partial charge is 0.256 e. The Kier molecular flexibility index (Phi) is 7.62. The van der Waals surface area contributed by atoms with Crippen LogP contribution >= 0.6 is 0 Å². The molecule has 0 atom stereocenters. The summed E-state index contributed by atoms with van der Waals surface area (Å²) < 4.78 is 18.8. The first-order valence-corrected chi connectivity index (χ1v) is 11.8. The van der Waals surface area contributed by atoms with Crippen molar-refractivity contribution in [1.82, 2.24) is 4.90 Å². The number of amides is 2. The minimum atomic E-state index is -0.400. The van der Waals surface area contributed by atoms with Crippen LogP contribution in [0.4, 0.5) is 15.8 Å². The van der Waals surface area contributed by atoms with Crippen molar-refractivity contribution in [2.75, 3.05) is 29.9 Å². The summed E-state index contributed by atoms with van der Waals surface area (Å²) in [7, 11) is 0. The quantitative estimate of drug-likeness (QED) is 0.441. The highest BCUT2D eigenvalue weighted by Gasteiger charge is 2.25. The highest BCUT2D eigenvalue weighted by Crippen LogP contribution is 2.29. The van der Waals surface area contributed by atoms with Crippen molar-refractivity contribution >= 4 is 23.2 Å². The number of benzene rings is 2. The van der Waals surface area contributed by atoms with Gasteiger partial charge in [-0.05, 0) is 73.9 Å². The van der Waals surface area contributed by atoms with Crippen LogP contribution in [0.25, 0.3) is 0 Å². The number of anilines is 2. The molecule has 4 rings (SSSR count). The lowest BCUT2D eigenvalue weighted by Crippen LogP contribution is -2.31. The van der Waals surface area contributed by atoms with E-state index < -0.39 is 5.82 Å². The molecule has 0 bridgehead atoms. The van der Waals surface area contributed by atoms with Gasteiger partial charge in [0.25, 0.3) is 11.8 Å². The van der Waals surface area contributed by atoms with Crippen molar-refractivity contribution in [3.05, 3.63) is 83.6 Å². The van der Waals surface area contributed by atoms with Gasteiger partial charge >= 0.3 is 0 Å². The molecule has 7 heteroatoms. The Labute approximate surface area is 199 Å². The summed E-state index contributed by atoms with van der Waals surface area (Å²) >= 11 is 0. The van der Waals surface area contributed by atoms with Crippen LogP contribution in [0.5, 0.6) is 0 Å². The van der Waals surface area contributed by atoms with E-state index in [9.17, 15) is 14.0 Å². The van der Waals surface area contributed by atoms with Crippen LogP contribution in [0.3, 0.4) is 0 Å². The van der Waals surface area contributed by atoms with Gasteiger partial charge in [0.15, 0.2) is 0 Å². The van der Waals surface area contributed by atoms with Crippen LogP contribution in [-0.2, 0) is 6.54 Å². The number of nitrogens with zero attached hydrogens (tertiary/aromatic N) is 2. The lowest BCUT2D eigenvalue weighted by atomic mass is 10.1. The molecule has 1 aliphatic heterocycles. The number of unbranched alkanes of at least 4 members (excludes halogenated alkanes) is 1. The first-order valence-electron chi connectivity index (χ1n) is 11.8. The fourth-order valence-electron chi connectivity index (χ4n) is 4.18. The van der Waals surface area contributed by atoms with Crippen LogP contribution in [0, 0.1) is 5.82 Å². The summed E-state index contributed by atoms with van der Waals surface area (Å²) in [6.45, 7) is 4.93. The minimum absolute atomic E-state index is 0.0358. The van der Waals surface area contributed by atoms with Gasteiger partial charge in [-0.15, -0.1) is 0 Å². The molecule has 1 fully saturated rings.